The third-order valence-electron chi connectivity index (χ3n) is 4.75. The predicted molar refractivity (Wildman–Crippen MR) is 89.7 cm³/mol. The highest BCUT2D eigenvalue weighted by Gasteiger charge is 2.38. The van der Waals surface area contributed by atoms with Gasteiger partial charge in [0.25, 0.3) is 0 Å². The summed E-state index contributed by atoms with van der Waals surface area (Å²) in [7, 11) is 1.60. The molecule has 2 amide bonds. The Kier molecular flexibility index (Phi) is 3.83. The number of benzene rings is 1. The molecule has 0 aliphatic carbocycles. The molecular weight excluding hydrogens is 320 g/mol. The van der Waals surface area contributed by atoms with Crippen LogP contribution < -0.4 is 9.64 Å². The molecule has 3 heterocycles. The smallest absolute Gasteiger partial charge is 0.228 e. The number of hydrogen-bond acceptors (Lipinski definition) is 5. The molecule has 0 saturated carbocycles. The molecule has 2 aliphatic rings. The van der Waals surface area contributed by atoms with Gasteiger partial charge in [-0.3, -0.25) is 9.59 Å². The number of carbonyl (C=O) groups is 2. The summed E-state index contributed by atoms with van der Waals surface area (Å²) in [5, 5.41) is 0. The van der Waals surface area contributed by atoms with Crippen LogP contribution in [-0.4, -0.2) is 40.3 Å². The van der Waals surface area contributed by atoms with Crippen molar-refractivity contribution < 1.29 is 14.3 Å². The Morgan fingerprint density at radius 3 is 2.76 bits per heavy atom. The Morgan fingerprint density at radius 2 is 2.04 bits per heavy atom. The quantitative estimate of drug-likeness (QED) is 0.845. The van der Waals surface area contributed by atoms with Crippen molar-refractivity contribution in [1.82, 2.24) is 14.9 Å². The number of hydrogen-bond donors (Lipinski definition) is 0. The van der Waals surface area contributed by atoms with Crippen LogP contribution in [0.1, 0.15) is 17.7 Å². The van der Waals surface area contributed by atoms with Gasteiger partial charge in [-0.1, -0.05) is 0 Å². The zero-order valence-electron chi connectivity index (χ0n) is 13.9. The fourth-order valence-corrected chi connectivity index (χ4v) is 3.40. The molecule has 2 aromatic rings. The molecule has 2 aliphatic heterocycles. The third kappa shape index (κ3) is 2.82. The fourth-order valence-electron chi connectivity index (χ4n) is 3.40. The Hall–Kier alpha value is -2.96. The zero-order chi connectivity index (χ0) is 17.4. The van der Waals surface area contributed by atoms with Crippen molar-refractivity contribution in [1.29, 1.82) is 0 Å². The minimum atomic E-state index is -0.322. The summed E-state index contributed by atoms with van der Waals surface area (Å²) in [6.45, 7) is 1.41. The van der Waals surface area contributed by atoms with Crippen LogP contribution in [0.2, 0.25) is 0 Å². The number of methoxy groups -OCH3 is 1. The molecule has 25 heavy (non-hydrogen) atoms. The lowest BCUT2D eigenvalue weighted by molar-refractivity contribution is -0.136. The highest BCUT2D eigenvalue weighted by molar-refractivity contribution is 6.00. The number of carbonyl (C=O) groups excluding carboxylic acids is 2. The molecule has 0 spiro atoms. The van der Waals surface area contributed by atoms with E-state index in [4.69, 9.17) is 4.74 Å². The van der Waals surface area contributed by atoms with Crippen LogP contribution in [0.25, 0.3) is 0 Å². The van der Waals surface area contributed by atoms with E-state index in [9.17, 15) is 9.59 Å². The Bertz CT molecular complexity index is 796. The number of amides is 2. The van der Waals surface area contributed by atoms with Crippen molar-refractivity contribution >= 4 is 17.5 Å². The number of ether oxygens (including phenoxy) is 1. The van der Waals surface area contributed by atoms with E-state index in [-0.39, 0.29) is 24.2 Å². The minimum Gasteiger partial charge on any atom is -0.497 e. The van der Waals surface area contributed by atoms with Gasteiger partial charge in [-0.2, -0.15) is 0 Å². The first-order valence-corrected chi connectivity index (χ1v) is 8.16. The molecule has 1 saturated heterocycles. The van der Waals surface area contributed by atoms with Crippen molar-refractivity contribution in [2.75, 3.05) is 18.6 Å². The van der Waals surface area contributed by atoms with E-state index in [1.807, 2.05) is 24.3 Å². The monoisotopic (exact) mass is 338 g/mol. The second-order valence-corrected chi connectivity index (χ2v) is 6.29. The van der Waals surface area contributed by atoms with Crippen LogP contribution in [-0.2, 0) is 22.7 Å². The number of rotatable bonds is 3. The average Bonchev–Trinajstić information content (AvgIpc) is 3.25. The first kappa shape index (κ1) is 15.6. The predicted octanol–water partition coefficient (Wildman–Crippen LogP) is 1.38. The lowest BCUT2D eigenvalue weighted by Crippen LogP contribution is -2.34. The van der Waals surface area contributed by atoms with Crippen molar-refractivity contribution in [3.05, 3.63) is 48.0 Å². The topological polar surface area (TPSA) is 75.6 Å². The molecule has 1 aromatic carbocycles. The SMILES string of the molecule is COc1ccc(N2CC(C(=O)N3Cc4cncnc4C3)CC2=O)cc1. The molecule has 0 bridgehead atoms. The largest absolute Gasteiger partial charge is 0.497 e. The summed E-state index contributed by atoms with van der Waals surface area (Å²) in [4.78, 5) is 36.8. The van der Waals surface area contributed by atoms with E-state index in [2.05, 4.69) is 9.97 Å². The number of fused-ring (bicyclic) bond motifs is 1. The number of nitrogens with zero attached hydrogens (tertiary/aromatic N) is 4. The van der Waals surface area contributed by atoms with Gasteiger partial charge in [0.2, 0.25) is 11.8 Å². The van der Waals surface area contributed by atoms with E-state index in [0.29, 0.717) is 19.6 Å². The molecule has 1 fully saturated rings. The first-order valence-electron chi connectivity index (χ1n) is 8.16. The molecule has 0 N–H and O–H groups in total. The lowest BCUT2D eigenvalue weighted by Gasteiger charge is -2.20. The van der Waals surface area contributed by atoms with Gasteiger partial charge in [0, 0.05) is 37.0 Å². The Labute approximate surface area is 145 Å². The maximum Gasteiger partial charge on any atom is 0.228 e. The zero-order valence-corrected chi connectivity index (χ0v) is 13.9. The van der Waals surface area contributed by atoms with Gasteiger partial charge < -0.3 is 14.5 Å². The number of anilines is 1. The minimum absolute atomic E-state index is 0.00219. The fraction of sp³-hybridized carbons (Fsp3) is 0.333. The van der Waals surface area contributed by atoms with Crippen LogP contribution in [0.3, 0.4) is 0 Å². The van der Waals surface area contributed by atoms with Gasteiger partial charge in [-0.15, -0.1) is 0 Å². The van der Waals surface area contributed by atoms with E-state index in [0.717, 1.165) is 22.7 Å². The van der Waals surface area contributed by atoms with Crippen molar-refractivity contribution in [3.8, 4) is 5.75 Å². The van der Waals surface area contributed by atoms with Crippen molar-refractivity contribution in [3.63, 3.8) is 0 Å². The van der Waals surface area contributed by atoms with Crippen LogP contribution >= 0.6 is 0 Å². The summed E-state index contributed by atoms with van der Waals surface area (Å²) in [6.07, 6.45) is 3.49. The molecule has 1 atom stereocenters. The molecule has 128 valence electrons. The summed E-state index contributed by atoms with van der Waals surface area (Å²) in [6, 6.07) is 7.30. The van der Waals surface area contributed by atoms with E-state index < -0.39 is 0 Å². The molecule has 4 rings (SSSR count). The van der Waals surface area contributed by atoms with Gasteiger partial charge in [-0.25, -0.2) is 9.97 Å². The average molecular weight is 338 g/mol. The van der Waals surface area contributed by atoms with Crippen molar-refractivity contribution in [2.45, 2.75) is 19.5 Å². The standard InChI is InChI=1S/C18H18N4O3/c1-25-15-4-2-14(3-5-15)22-9-12(6-17(22)23)18(24)21-8-13-7-19-11-20-16(13)10-21/h2-5,7,11-12H,6,8-10H2,1H3. The Morgan fingerprint density at radius 1 is 1.24 bits per heavy atom. The highest BCUT2D eigenvalue weighted by atomic mass is 16.5. The van der Waals surface area contributed by atoms with Gasteiger partial charge >= 0.3 is 0 Å². The first-order chi connectivity index (χ1) is 12.2. The molecule has 7 nitrogen and oxygen atoms in total. The van der Waals surface area contributed by atoms with Crippen LogP contribution in [0.4, 0.5) is 5.69 Å². The van der Waals surface area contributed by atoms with Crippen LogP contribution in [0.5, 0.6) is 5.75 Å². The lowest BCUT2D eigenvalue weighted by atomic mass is 10.1. The molecule has 0 radical (unpaired) electrons. The Balaban J connectivity index is 1.46. The summed E-state index contributed by atoms with van der Waals surface area (Å²) < 4.78 is 5.14. The van der Waals surface area contributed by atoms with Gasteiger partial charge in [0.1, 0.15) is 12.1 Å². The van der Waals surface area contributed by atoms with E-state index in [1.54, 1.807) is 23.1 Å². The second-order valence-electron chi connectivity index (χ2n) is 6.29. The van der Waals surface area contributed by atoms with E-state index in [1.165, 1.54) is 6.33 Å². The van der Waals surface area contributed by atoms with Crippen LogP contribution in [0, 0.1) is 5.92 Å². The van der Waals surface area contributed by atoms with E-state index >= 15 is 0 Å². The number of aromatic nitrogens is 2. The molecular formula is C18H18N4O3. The van der Waals surface area contributed by atoms with Crippen LogP contribution in [0.15, 0.2) is 36.8 Å². The normalized spacial score (nSPS) is 19.2. The summed E-state index contributed by atoms with van der Waals surface area (Å²) in [5.74, 6) is 0.387. The van der Waals surface area contributed by atoms with Gasteiger partial charge in [-0.05, 0) is 24.3 Å². The maximum atomic E-state index is 12.8. The van der Waals surface area contributed by atoms with Gasteiger partial charge in [0.15, 0.2) is 0 Å². The second kappa shape index (κ2) is 6.16. The third-order valence-corrected chi connectivity index (χ3v) is 4.75. The molecule has 1 unspecified atom stereocenters. The molecule has 1 aromatic heterocycles. The molecule has 7 heteroatoms. The maximum absolute atomic E-state index is 12.8. The van der Waals surface area contributed by atoms with Crippen molar-refractivity contribution in [2.24, 2.45) is 5.92 Å². The summed E-state index contributed by atoms with van der Waals surface area (Å²) in [5.41, 5.74) is 2.66. The highest BCUT2D eigenvalue weighted by Crippen LogP contribution is 2.30. The summed E-state index contributed by atoms with van der Waals surface area (Å²) >= 11 is 0. The van der Waals surface area contributed by atoms with Gasteiger partial charge in [0.05, 0.1) is 25.3 Å².